The van der Waals surface area contributed by atoms with Crippen LogP contribution in [0, 0.1) is 23.7 Å². The molecule has 2 unspecified atom stereocenters. The third-order valence-electron chi connectivity index (χ3n) is 7.37. The number of epoxide rings is 1. The van der Waals surface area contributed by atoms with Crippen LogP contribution in [0.15, 0.2) is 12.2 Å². The van der Waals surface area contributed by atoms with Gasteiger partial charge in [-0.3, -0.25) is 4.79 Å². The monoisotopic (exact) mass is 317 g/mol. The highest BCUT2D eigenvalue weighted by atomic mass is 16.6. The summed E-state index contributed by atoms with van der Waals surface area (Å²) < 4.78 is 12.0. The third kappa shape index (κ3) is 2.00. The maximum Gasteiger partial charge on any atom is 0.310 e. The average Bonchev–Trinajstić information content (AvgIpc) is 2.86. The van der Waals surface area contributed by atoms with Crippen LogP contribution >= 0.6 is 0 Å². The topological polar surface area (TPSA) is 42.1 Å². The molecule has 126 valence electrons. The summed E-state index contributed by atoms with van der Waals surface area (Å²) in [6.07, 6.45) is 6.15. The number of nitrogens with zero attached hydrogens (tertiary/aromatic N) is 1. The van der Waals surface area contributed by atoms with Crippen LogP contribution in [0.5, 0.6) is 0 Å². The smallest absolute Gasteiger partial charge is 0.310 e. The average molecular weight is 317 g/mol. The maximum atomic E-state index is 12.6. The normalized spacial score (nSPS) is 51.9. The number of carbonyl (C=O) groups is 1. The number of esters is 1. The molecular weight excluding hydrogens is 290 g/mol. The van der Waals surface area contributed by atoms with E-state index in [1.54, 1.807) is 0 Å². The van der Waals surface area contributed by atoms with E-state index in [0.717, 1.165) is 38.9 Å². The zero-order valence-corrected chi connectivity index (χ0v) is 14.0. The molecule has 4 heteroatoms. The lowest BCUT2D eigenvalue weighted by Gasteiger charge is -2.31. The van der Waals surface area contributed by atoms with Gasteiger partial charge in [-0.1, -0.05) is 12.2 Å². The largest absolute Gasteiger partial charge is 0.461 e. The molecule has 3 heterocycles. The van der Waals surface area contributed by atoms with Gasteiger partial charge >= 0.3 is 5.97 Å². The van der Waals surface area contributed by atoms with Crippen LogP contribution in [-0.2, 0) is 14.3 Å². The molecule has 5 aliphatic rings. The van der Waals surface area contributed by atoms with Crippen molar-refractivity contribution in [3.05, 3.63) is 12.2 Å². The lowest BCUT2D eigenvalue weighted by Crippen LogP contribution is -2.39. The molecule has 0 amide bonds. The fourth-order valence-corrected chi connectivity index (χ4v) is 6.01. The lowest BCUT2D eigenvalue weighted by atomic mass is 9.77. The Balaban J connectivity index is 1.43. The molecule has 0 aromatic rings. The Morgan fingerprint density at radius 3 is 2.91 bits per heavy atom. The number of rotatable bonds is 2. The molecule has 0 radical (unpaired) electrons. The summed E-state index contributed by atoms with van der Waals surface area (Å²) in [5.74, 6) is 1.29. The molecule has 0 bridgehead atoms. The van der Waals surface area contributed by atoms with E-state index in [4.69, 9.17) is 9.47 Å². The third-order valence-corrected chi connectivity index (χ3v) is 7.37. The summed E-state index contributed by atoms with van der Waals surface area (Å²) in [5, 5.41) is 0. The SMILES string of the molecule is C=C1CC[C@H]2C(CN3CCCC3)C(=O)O[C@@H]2[C@@H]2[C@H]1CC1O[C@]12C. The van der Waals surface area contributed by atoms with Crippen molar-refractivity contribution in [3.8, 4) is 0 Å². The first-order chi connectivity index (χ1) is 11.1. The van der Waals surface area contributed by atoms with Crippen molar-refractivity contribution in [2.45, 2.75) is 56.8 Å². The molecule has 2 aliphatic carbocycles. The van der Waals surface area contributed by atoms with Crippen LogP contribution < -0.4 is 0 Å². The van der Waals surface area contributed by atoms with Crippen molar-refractivity contribution in [3.63, 3.8) is 0 Å². The molecule has 4 nitrogen and oxygen atoms in total. The summed E-state index contributed by atoms with van der Waals surface area (Å²) in [7, 11) is 0. The highest BCUT2D eigenvalue weighted by Gasteiger charge is 2.71. The minimum absolute atomic E-state index is 0.0471. The van der Waals surface area contributed by atoms with E-state index in [2.05, 4.69) is 18.4 Å². The van der Waals surface area contributed by atoms with Gasteiger partial charge in [0.15, 0.2) is 0 Å². The van der Waals surface area contributed by atoms with Crippen molar-refractivity contribution in [1.29, 1.82) is 0 Å². The fourth-order valence-electron chi connectivity index (χ4n) is 6.01. The molecule has 0 spiro atoms. The van der Waals surface area contributed by atoms with Crippen molar-refractivity contribution < 1.29 is 14.3 Å². The van der Waals surface area contributed by atoms with Crippen molar-refractivity contribution >= 4 is 5.97 Å². The number of fused-ring (bicyclic) bond motifs is 5. The first kappa shape index (κ1) is 14.5. The second-order valence-electron chi connectivity index (χ2n) is 8.53. The molecular formula is C19H27NO3. The second kappa shape index (κ2) is 4.82. The number of allylic oxidation sites excluding steroid dienone is 1. The summed E-state index contributed by atoms with van der Waals surface area (Å²) in [6.45, 7) is 9.77. The molecule has 0 aromatic carbocycles. The quantitative estimate of drug-likeness (QED) is 0.445. The van der Waals surface area contributed by atoms with Crippen LogP contribution in [-0.4, -0.2) is 48.3 Å². The van der Waals surface area contributed by atoms with Gasteiger partial charge in [0.05, 0.1) is 17.6 Å². The molecule has 5 rings (SSSR count). The van der Waals surface area contributed by atoms with E-state index in [0.29, 0.717) is 23.9 Å². The van der Waals surface area contributed by atoms with Gasteiger partial charge in [-0.2, -0.15) is 0 Å². The van der Waals surface area contributed by atoms with E-state index in [-0.39, 0.29) is 23.6 Å². The van der Waals surface area contributed by atoms with Gasteiger partial charge in [0.1, 0.15) is 6.10 Å². The van der Waals surface area contributed by atoms with Crippen LogP contribution in [0.2, 0.25) is 0 Å². The minimum atomic E-state index is -0.0658. The van der Waals surface area contributed by atoms with E-state index in [1.165, 1.54) is 18.4 Å². The molecule has 5 fully saturated rings. The number of hydrogen-bond donors (Lipinski definition) is 0. The van der Waals surface area contributed by atoms with E-state index < -0.39 is 0 Å². The lowest BCUT2D eigenvalue weighted by molar-refractivity contribution is -0.147. The maximum absolute atomic E-state index is 12.6. The Hall–Kier alpha value is -0.870. The van der Waals surface area contributed by atoms with Gasteiger partial charge in [-0.15, -0.1) is 0 Å². The minimum Gasteiger partial charge on any atom is -0.461 e. The Morgan fingerprint density at radius 1 is 1.35 bits per heavy atom. The zero-order valence-electron chi connectivity index (χ0n) is 14.0. The van der Waals surface area contributed by atoms with Gasteiger partial charge in [0.25, 0.3) is 0 Å². The number of carbonyl (C=O) groups excluding carboxylic acids is 1. The number of likely N-dealkylation sites (tertiary alicyclic amines) is 1. The van der Waals surface area contributed by atoms with E-state index in [9.17, 15) is 4.79 Å². The first-order valence-corrected chi connectivity index (χ1v) is 9.36. The number of hydrogen-bond acceptors (Lipinski definition) is 4. The summed E-state index contributed by atoms with van der Waals surface area (Å²) in [6, 6.07) is 0. The van der Waals surface area contributed by atoms with Crippen molar-refractivity contribution in [1.82, 2.24) is 4.90 Å². The summed E-state index contributed by atoms with van der Waals surface area (Å²) in [5.41, 5.74) is 1.31. The summed E-state index contributed by atoms with van der Waals surface area (Å²) in [4.78, 5) is 15.1. The molecule has 7 atom stereocenters. The number of ether oxygens (including phenoxy) is 2. The summed E-state index contributed by atoms with van der Waals surface area (Å²) >= 11 is 0. The van der Waals surface area contributed by atoms with Gasteiger partial charge in [0.2, 0.25) is 0 Å². The Morgan fingerprint density at radius 2 is 2.13 bits per heavy atom. The highest BCUT2D eigenvalue weighted by molar-refractivity contribution is 5.75. The standard InChI is InChI=1S/C19H27NO3/c1-11-5-6-12-14(10-20-7-3-4-8-20)18(21)22-17(12)16-13(11)9-15-19(16,2)23-15/h12-17H,1,3-10H2,2H3/t12-,13-,14?,15?,16-,17-,19+/m0/s1. The first-order valence-electron chi connectivity index (χ1n) is 9.36. The van der Waals surface area contributed by atoms with E-state index >= 15 is 0 Å². The van der Waals surface area contributed by atoms with Crippen LogP contribution in [0.4, 0.5) is 0 Å². The van der Waals surface area contributed by atoms with Gasteiger partial charge in [-0.25, -0.2) is 0 Å². The van der Waals surface area contributed by atoms with Crippen LogP contribution in [0.25, 0.3) is 0 Å². The zero-order chi connectivity index (χ0) is 15.8. The highest BCUT2D eigenvalue weighted by Crippen LogP contribution is 2.63. The van der Waals surface area contributed by atoms with Crippen molar-refractivity contribution in [2.24, 2.45) is 23.7 Å². The molecule has 23 heavy (non-hydrogen) atoms. The Kier molecular flexibility index (Phi) is 3.04. The van der Waals surface area contributed by atoms with E-state index in [1.807, 2.05) is 0 Å². The van der Waals surface area contributed by atoms with Crippen LogP contribution in [0.1, 0.15) is 39.0 Å². The Bertz CT molecular complexity index is 555. The van der Waals surface area contributed by atoms with Gasteiger partial charge < -0.3 is 14.4 Å². The van der Waals surface area contributed by atoms with Gasteiger partial charge in [-0.05, 0) is 58.0 Å². The second-order valence-corrected chi connectivity index (χ2v) is 8.53. The molecule has 3 aliphatic heterocycles. The molecule has 0 N–H and O–H groups in total. The predicted octanol–water partition coefficient (Wildman–Crippen LogP) is 2.38. The Labute approximate surface area is 138 Å². The van der Waals surface area contributed by atoms with Gasteiger partial charge in [0, 0.05) is 18.4 Å². The molecule has 3 saturated heterocycles. The fraction of sp³-hybridized carbons (Fsp3) is 0.842. The molecule has 2 saturated carbocycles. The molecule has 0 aromatic heterocycles. The van der Waals surface area contributed by atoms with Crippen LogP contribution in [0.3, 0.4) is 0 Å². The van der Waals surface area contributed by atoms with Crippen molar-refractivity contribution in [2.75, 3.05) is 19.6 Å². The predicted molar refractivity (Wildman–Crippen MR) is 85.8 cm³/mol.